The number of alkyl carbamates (subject to hydrolysis) is 4. The van der Waals surface area contributed by atoms with Gasteiger partial charge in [-0.05, 0) is 133 Å². The third-order valence-electron chi connectivity index (χ3n) is 14.8. The van der Waals surface area contributed by atoms with Gasteiger partial charge in [-0.15, -0.1) is 0 Å². The highest BCUT2D eigenvalue weighted by molar-refractivity contribution is 5.81. The van der Waals surface area contributed by atoms with Gasteiger partial charge >= 0.3 is 30.5 Å². The molecule has 0 aromatic heterocycles. The first-order chi connectivity index (χ1) is 43.9. The van der Waals surface area contributed by atoms with E-state index in [2.05, 4.69) is 31.9 Å². The largest absolute Gasteiger partial charge is 0.491 e. The van der Waals surface area contributed by atoms with Crippen LogP contribution < -0.4 is 31.9 Å². The standard InChI is InChI=1S/C59H80N10O24/c1-33(2)90-54(75)61-25-8-24-60-28-40-21-22-41(64-55(76)87-30-35-11-17-38(18-12-35)68(82)83)48(91-40)45-42(65-56(77)88-31-36-13-19-39(20-14-36)69(84)85)27-43(63-51(73)44(70)23-26-62-53(74)86-29-34-9-15-37(16-10-34)67(80)81)49(46(45)71)92-52-47(72)50(59(6,79)32-89-52)66(7)57(78)93-58(3,4)5/h9-21,33,41-50,52,60,70-72,79H,8,22-32H2,1-7H3,(H,61,75)(H,62,74)(H,63,73)(H,64,76)(H,65,77)/t41-,42+,43-,44-,45?,46+,47-,48+,49+,50?,52-,59+/m1/s1. The van der Waals surface area contributed by atoms with Gasteiger partial charge in [0.05, 0.1) is 58.3 Å². The van der Waals surface area contributed by atoms with E-state index >= 15 is 0 Å². The fraction of sp³-hybridized carbons (Fsp3) is 0.559. The minimum Gasteiger partial charge on any atom is -0.491 e. The summed E-state index contributed by atoms with van der Waals surface area (Å²) in [4.78, 5) is 113. The molecule has 1 saturated heterocycles. The van der Waals surface area contributed by atoms with Crippen LogP contribution in [-0.2, 0) is 62.5 Å². The van der Waals surface area contributed by atoms with Gasteiger partial charge in [-0.3, -0.25) is 35.1 Å². The lowest BCUT2D eigenvalue weighted by molar-refractivity contribution is -0.385. The Morgan fingerprint density at radius 1 is 0.710 bits per heavy atom. The van der Waals surface area contributed by atoms with E-state index in [9.17, 15) is 79.5 Å². The van der Waals surface area contributed by atoms with Crippen molar-refractivity contribution in [1.29, 1.82) is 0 Å². The van der Waals surface area contributed by atoms with E-state index in [1.54, 1.807) is 40.7 Å². The summed E-state index contributed by atoms with van der Waals surface area (Å²) in [6.07, 6.45) is -15.0. The topological polar surface area (TPSA) is 462 Å². The Kier molecular flexibility index (Phi) is 26.3. The number of hydrogen-bond acceptors (Lipinski definition) is 25. The van der Waals surface area contributed by atoms with Gasteiger partial charge in [0.2, 0.25) is 5.91 Å². The predicted octanol–water partition coefficient (Wildman–Crippen LogP) is 3.72. The van der Waals surface area contributed by atoms with Gasteiger partial charge in [-0.2, -0.15) is 0 Å². The number of nitro benzene ring substituents is 3. The van der Waals surface area contributed by atoms with Crippen LogP contribution in [0.3, 0.4) is 0 Å². The van der Waals surface area contributed by atoms with E-state index < -0.39 is 155 Å². The second kappa shape index (κ2) is 33.5. The van der Waals surface area contributed by atoms with Crippen LogP contribution in [0.5, 0.6) is 0 Å². The van der Waals surface area contributed by atoms with Crippen molar-refractivity contribution in [2.75, 3.05) is 39.8 Å². The van der Waals surface area contributed by atoms with Crippen molar-refractivity contribution in [3.8, 4) is 0 Å². The Balaban J connectivity index is 1.34. The molecule has 34 nitrogen and oxygen atoms in total. The lowest BCUT2D eigenvalue weighted by Gasteiger charge is -2.52. The first kappa shape index (κ1) is 73.0. The summed E-state index contributed by atoms with van der Waals surface area (Å²) in [5.74, 6) is -2.36. The maximum atomic E-state index is 14.2. The molecule has 2 aliphatic heterocycles. The Labute approximate surface area is 533 Å². The van der Waals surface area contributed by atoms with Gasteiger partial charge in [0.25, 0.3) is 17.1 Å². The van der Waals surface area contributed by atoms with Crippen LogP contribution in [-0.4, -0.2) is 195 Å². The molecule has 0 bridgehead atoms. The summed E-state index contributed by atoms with van der Waals surface area (Å²) >= 11 is 0. The number of nitrogens with one attached hydrogen (secondary N) is 6. The number of amides is 6. The summed E-state index contributed by atoms with van der Waals surface area (Å²) in [5, 5.41) is 98.5. The maximum absolute atomic E-state index is 14.2. The highest BCUT2D eigenvalue weighted by Gasteiger charge is 2.56. The fourth-order valence-corrected chi connectivity index (χ4v) is 10.4. The normalized spacial score (nSPS) is 23.8. The van der Waals surface area contributed by atoms with Crippen LogP contribution in [0.15, 0.2) is 84.6 Å². The summed E-state index contributed by atoms with van der Waals surface area (Å²) in [6, 6.07) is 9.83. The number of aliphatic hydroxyl groups excluding tert-OH is 3. The zero-order valence-corrected chi connectivity index (χ0v) is 52.2. The smallest absolute Gasteiger partial charge is 0.410 e. The van der Waals surface area contributed by atoms with Crippen LogP contribution >= 0.6 is 0 Å². The van der Waals surface area contributed by atoms with Crippen LogP contribution in [0.1, 0.15) is 83.9 Å². The molecule has 1 aliphatic carbocycles. The molecule has 93 heavy (non-hydrogen) atoms. The average molecular weight is 1310 g/mol. The monoisotopic (exact) mass is 1310 g/mol. The van der Waals surface area contributed by atoms with E-state index in [4.69, 9.17) is 37.9 Å². The lowest BCUT2D eigenvalue weighted by atomic mass is 9.72. The number of benzene rings is 3. The van der Waals surface area contributed by atoms with E-state index in [1.165, 1.54) is 86.8 Å². The molecule has 2 unspecified atom stereocenters. The average Bonchev–Trinajstić information content (AvgIpc) is 0.768. The first-order valence-electron chi connectivity index (χ1n) is 29.7. The molecule has 3 aliphatic rings. The number of nitro groups is 3. The third kappa shape index (κ3) is 22.1. The number of carbonyl (C=O) groups is 6. The van der Waals surface area contributed by atoms with Gasteiger partial charge < -0.3 is 95.1 Å². The van der Waals surface area contributed by atoms with E-state index in [0.717, 1.165) is 4.90 Å². The van der Waals surface area contributed by atoms with Crippen molar-refractivity contribution in [3.63, 3.8) is 0 Å². The van der Waals surface area contributed by atoms with Crippen molar-refractivity contribution >= 4 is 53.4 Å². The number of hydrogen-bond donors (Lipinski definition) is 10. The molecule has 510 valence electrons. The predicted molar refractivity (Wildman–Crippen MR) is 322 cm³/mol. The van der Waals surface area contributed by atoms with Gasteiger partial charge in [0.15, 0.2) is 6.29 Å². The van der Waals surface area contributed by atoms with E-state index in [0.29, 0.717) is 29.7 Å². The maximum Gasteiger partial charge on any atom is 0.410 e. The molecule has 34 heteroatoms. The summed E-state index contributed by atoms with van der Waals surface area (Å²) in [5.41, 5.74) is -2.57. The van der Waals surface area contributed by atoms with Crippen molar-refractivity contribution in [1.82, 2.24) is 36.8 Å². The first-order valence-corrected chi connectivity index (χ1v) is 29.7. The highest BCUT2D eigenvalue weighted by atomic mass is 16.7. The zero-order valence-electron chi connectivity index (χ0n) is 52.2. The second-order valence-electron chi connectivity index (χ2n) is 23.7. The number of rotatable bonds is 27. The quantitative estimate of drug-likeness (QED) is 0.0225. The highest BCUT2D eigenvalue weighted by Crippen LogP contribution is 2.39. The van der Waals surface area contributed by atoms with Crippen LogP contribution in [0.25, 0.3) is 0 Å². The second-order valence-corrected chi connectivity index (χ2v) is 23.7. The molecule has 0 radical (unpaired) electrons. The van der Waals surface area contributed by atoms with E-state index in [1.807, 2.05) is 0 Å². The third-order valence-corrected chi connectivity index (χ3v) is 14.8. The van der Waals surface area contributed by atoms with Crippen LogP contribution in [0.4, 0.5) is 41.0 Å². The van der Waals surface area contributed by atoms with Crippen molar-refractivity contribution in [2.45, 2.75) is 165 Å². The summed E-state index contributed by atoms with van der Waals surface area (Å²) < 4.78 is 46.1. The Morgan fingerprint density at radius 2 is 1.22 bits per heavy atom. The summed E-state index contributed by atoms with van der Waals surface area (Å²) in [6.45, 7) is 7.93. The molecular weight excluding hydrogens is 1230 g/mol. The zero-order chi connectivity index (χ0) is 68.3. The Morgan fingerprint density at radius 3 is 1.72 bits per heavy atom. The number of carbonyl (C=O) groups excluding carboxylic acids is 6. The van der Waals surface area contributed by atoms with Crippen molar-refractivity contribution in [3.05, 3.63) is 132 Å². The van der Waals surface area contributed by atoms with Gasteiger partial charge in [0, 0.05) is 68.5 Å². The van der Waals surface area contributed by atoms with Crippen molar-refractivity contribution < 1.29 is 102 Å². The molecule has 1 saturated carbocycles. The minimum absolute atomic E-state index is 0.0138. The number of nitrogens with zero attached hydrogens (tertiary/aromatic N) is 4. The minimum atomic E-state index is -2.01. The number of ether oxygens (including phenoxy) is 8. The molecule has 12 atom stereocenters. The van der Waals surface area contributed by atoms with E-state index in [-0.39, 0.29) is 68.2 Å². The van der Waals surface area contributed by atoms with Gasteiger partial charge in [0.1, 0.15) is 61.2 Å². The molecule has 3 aromatic rings. The SMILES string of the molecule is CC(C)OC(=O)NCCCNCC1=CC[C@@H](NC(=O)OCc2ccc([N+](=O)[O-])cc2)[C@@H](C2[C@@H](NC(=O)OCc3ccc([N+](=O)[O-])cc3)C[C@@H](NC(=O)[C@H](O)CCNC(=O)OCc3ccc([N+](=O)[O-])cc3)[C@H](O[C@H]3OC[C@](C)(O)C(N(C)C(=O)OC(C)(C)C)[C@H]3O)[C@H]2O)O1. The molecule has 2 heterocycles. The molecule has 3 aromatic carbocycles. The molecule has 0 spiro atoms. The number of likely N-dealkylation sites (N-methyl/N-ethyl adjacent to an activating group) is 1. The fourth-order valence-electron chi connectivity index (χ4n) is 10.4. The van der Waals surface area contributed by atoms with Crippen molar-refractivity contribution in [2.24, 2.45) is 5.92 Å². The van der Waals surface area contributed by atoms with Gasteiger partial charge in [-0.1, -0.05) is 0 Å². The molecule has 6 amide bonds. The Bertz CT molecular complexity index is 3100. The molecule has 6 rings (SSSR count). The number of non-ortho nitro benzene ring substituents is 3. The van der Waals surface area contributed by atoms with Crippen LogP contribution in [0, 0.1) is 36.3 Å². The molecular formula is C59H80N10O24. The molecule has 10 N–H and O–H groups in total. The Hall–Kier alpha value is -9.06. The molecule has 2 fully saturated rings. The lowest BCUT2D eigenvalue weighted by Crippen LogP contribution is -2.71. The van der Waals surface area contributed by atoms with Gasteiger partial charge in [-0.25, -0.2) is 24.0 Å². The summed E-state index contributed by atoms with van der Waals surface area (Å²) in [7, 11) is 1.25. The van der Waals surface area contributed by atoms with Crippen LogP contribution in [0.2, 0.25) is 0 Å². The number of aliphatic hydroxyl groups is 4.